The van der Waals surface area contributed by atoms with E-state index < -0.39 is 0 Å². The molecule has 13 heavy (non-hydrogen) atoms. The first kappa shape index (κ1) is 6.71. The molecule has 1 N–H and O–H groups in total. The van der Waals surface area contributed by atoms with Crippen LogP contribution in [0.5, 0.6) is 0 Å². The van der Waals surface area contributed by atoms with Gasteiger partial charge in [-0.15, -0.1) is 0 Å². The van der Waals surface area contributed by atoms with E-state index in [4.69, 9.17) is 0 Å². The molecule has 3 nitrogen and oxygen atoms in total. The van der Waals surface area contributed by atoms with Crippen LogP contribution in [0.1, 0.15) is 11.3 Å². The summed E-state index contributed by atoms with van der Waals surface area (Å²) < 4.78 is 1.95. The van der Waals surface area contributed by atoms with Crippen molar-refractivity contribution in [1.82, 2.24) is 9.38 Å². The molecule has 2 aromatic rings. The lowest BCUT2D eigenvalue weighted by Gasteiger charge is -1.96. The first-order valence-corrected chi connectivity index (χ1v) is 4.24. The fourth-order valence-electron chi connectivity index (χ4n) is 1.85. The summed E-state index contributed by atoms with van der Waals surface area (Å²) in [4.78, 5) is 14.0. The summed E-state index contributed by atoms with van der Waals surface area (Å²) in [7, 11) is 0. The van der Waals surface area contributed by atoms with E-state index in [2.05, 4.69) is 17.1 Å². The lowest BCUT2D eigenvalue weighted by molar-refractivity contribution is 1.02. The summed E-state index contributed by atoms with van der Waals surface area (Å²) in [5, 5.41) is 0. The molecule has 2 heterocycles. The van der Waals surface area contributed by atoms with Crippen LogP contribution in [0.2, 0.25) is 0 Å². The summed E-state index contributed by atoms with van der Waals surface area (Å²) in [6.07, 6.45) is 8.66. The Bertz CT molecular complexity index is 560. The van der Waals surface area contributed by atoms with Crippen molar-refractivity contribution in [2.75, 3.05) is 0 Å². The maximum Gasteiger partial charge on any atom is 0.272 e. The third-order valence-corrected chi connectivity index (χ3v) is 2.46. The van der Waals surface area contributed by atoms with Gasteiger partial charge in [-0.3, -0.25) is 4.79 Å². The second-order valence-corrected chi connectivity index (χ2v) is 3.20. The van der Waals surface area contributed by atoms with Crippen molar-refractivity contribution in [3.8, 4) is 0 Å². The first-order valence-electron chi connectivity index (χ1n) is 4.24. The van der Waals surface area contributed by atoms with Crippen LogP contribution in [0.4, 0.5) is 0 Å². The maximum absolute atomic E-state index is 11.4. The van der Waals surface area contributed by atoms with E-state index in [0.717, 1.165) is 17.5 Å². The number of H-pyrrole nitrogens is 1. The van der Waals surface area contributed by atoms with Crippen LogP contribution in [0, 0.1) is 0 Å². The molecule has 0 spiro atoms. The summed E-state index contributed by atoms with van der Waals surface area (Å²) >= 11 is 0. The molecule has 0 aromatic carbocycles. The standard InChI is InChI=1S/C10H8N2O/c13-10-9-6-7-2-1-3-8(7)12(9)5-4-11-10/h1-2,4-6H,3H2,(H,11,13). The number of rotatable bonds is 0. The summed E-state index contributed by atoms with van der Waals surface area (Å²) in [6, 6.07) is 1.93. The highest BCUT2D eigenvalue weighted by atomic mass is 16.1. The van der Waals surface area contributed by atoms with E-state index in [1.54, 1.807) is 6.20 Å². The molecule has 0 bridgehead atoms. The molecular formula is C10H8N2O. The van der Waals surface area contributed by atoms with Crippen LogP contribution in [0.3, 0.4) is 0 Å². The van der Waals surface area contributed by atoms with Gasteiger partial charge in [0.05, 0.1) is 0 Å². The van der Waals surface area contributed by atoms with Crippen LogP contribution in [-0.4, -0.2) is 9.38 Å². The van der Waals surface area contributed by atoms with Gasteiger partial charge in [0.15, 0.2) is 0 Å². The van der Waals surface area contributed by atoms with Crippen molar-refractivity contribution in [3.63, 3.8) is 0 Å². The van der Waals surface area contributed by atoms with E-state index in [1.807, 2.05) is 16.7 Å². The summed E-state index contributed by atoms with van der Waals surface area (Å²) in [5.74, 6) is 0. The molecule has 1 aliphatic carbocycles. The largest absolute Gasteiger partial charge is 0.326 e. The van der Waals surface area contributed by atoms with Crippen molar-refractivity contribution in [2.45, 2.75) is 6.42 Å². The van der Waals surface area contributed by atoms with Gasteiger partial charge in [0.25, 0.3) is 5.56 Å². The Morgan fingerprint density at radius 3 is 3.31 bits per heavy atom. The highest BCUT2D eigenvalue weighted by Gasteiger charge is 2.12. The predicted molar refractivity (Wildman–Crippen MR) is 50.8 cm³/mol. The zero-order chi connectivity index (χ0) is 8.84. The minimum Gasteiger partial charge on any atom is -0.326 e. The number of fused-ring (bicyclic) bond motifs is 3. The van der Waals surface area contributed by atoms with Gasteiger partial charge < -0.3 is 9.38 Å². The third kappa shape index (κ3) is 0.758. The second kappa shape index (κ2) is 2.13. The van der Waals surface area contributed by atoms with Crippen LogP contribution >= 0.6 is 0 Å². The van der Waals surface area contributed by atoms with E-state index in [9.17, 15) is 4.79 Å². The molecule has 0 fully saturated rings. The lowest BCUT2D eigenvalue weighted by atomic mass is 10.3. The Kier molecular flexibility index (Phi) is 1.10. The molecule has 2 aromatic heterocycles. The van der Waals surface area contributed by atoms with E-state index >= 15 is 0 Å². The van der Waals surface area contributed by atoms with Crippen LogP contribution in [0.25, 0.3) is 11.6 Å². The Hall–Kier alpha value is -1.77. The summed E-state index contributed by atoms with van der Waals surface area (Å²) in [5.41, 5.74) is 3.08. The highest BCUT2D eigenvalue weighted by molar-refractivity contribution is 5.67. The number of hydrogen-bond donors (Lipinski definition) is 1. The van der Waals surface area contributed by atoms with Crippen LogP contribution < -0.4 is 5.56 Å². The van der Waals surface area contributed by atoms with E-state index in [1.165, 1.54) is 5.69 Å². The smallest absolute Gasteiger partial charge is 0.272 e. The quantitative estimate of drug-likeness (QED) is 0.637. The molecule has 0 aliphatic heterocycles. The molecule has 64 valence electrons. The molecule has 0 radical (unpaired) electrons. The predicted octanol–water partition coefficient (Wildman–Crippen LogP) is 1.20. The molecule has 3 heteroatoms. The van der Waals surface area contributed by atoms with Gasteiger partial charge in [-0.25, -0.2) is 0 Å². The van der Waals surface area contributed by atoms with Crippen LogP contribution in [-0.2, 0) is 6.42 Å². The molecular weight excluding hydrogens is 164 g/mol. The minimum atomic E-state index is -0.0229. The molecule has 0 amide bonds. The van der Waals surface area contributed by atoms with Gasteiger partial charge in [-0.2, -0.15) is 0 Å². The monoisotopic (exact) mass is 172 g/mol. The number of aromatic nitrogens is 2. The molecule has 0 atom stereocenters. The van der Waals surface area contributed by atoms with Gasteiger partial charge in [0, 0.05) is 24.5 Å². The van der Waals surface area contributed by atoms with Gasteiger partial charge in [-0.1, -0.05) is 12.2 Å². The second-order valence-electron chi connectivity index (χ2n) is 3.20. The van der Waals surface area contributed by atoms with Gasteiger partial charge in [0.1, 0.15) is 5.52 Å². The molecule has 3 rings (SSSR count). The van der Waals surface area contributed by atoms with E-state index in [0.29, 0.717) is 0 Å². The number of aromatic amines is 1. The Labute approximate surface area is 74.3 Å². The fourth-order valence-corrected chi connectivity index (χ4v) is 1.85. The zero-order valence-electron chi connectivity index (χ0n) is 6.95. The van der Waals surface area contributed by atoms with Gasteiger partial charge in [-0.05, 0) is 11.6 Å². The number of nitrogens with one attached hydrogen (secondary N) is 1. The summed E-state index contributed by atoms with van der Waals surface area (Å²) in [6.45, 7) is 0. The SMILES string of the molecule is O=c1[nH]ccn2c3c(cc12)C=CC3. The molecule has 0 saturated heterocycles. The Morgan fingerprint density at radius 1 is 1.46 bits per heavy atom. The van der Waals surface area contributed by atoms with E-state index in [-0.39, 0.29) is 5.56 Å². The van der Waals surface area contributed by atoms with Crippen molar-refractivity contribution in [3.05, 3.63) is 46.1 Å². The average Bonchev–Trinajstić information content (AvgIpc) is 2.65. The zero-order valence-corrected chi connectivity index (χ0v) is 6.95. The third-order valence-electron chi connectivity index (χ3n) is 2.46. The number of nitrogens with zero attached hydrogens (tertiary/aromatic N) is 1. The fraction of sp³-hybridized carbons (Fsp3) is 0.100. The maximum atomic E-state index is 11.4. The molecule has 0 saturated carbocycles. The molecule has 0 unspecified atom stereocenters. The van der Waals surface area contributed by atoms with Crippen molar-refractivity contribution < 1.29 is 0 Å². The van der Waals surface area contributed by atoms with Gasteiger partial charge in [0.2, 0.25) is 0 Å². The van der Waals surface area contributed by atoms with Crippen molar-refractivity contribution >= 4 is 11.6 Å². The Balaban J connectivity index is 2.56. The number of hydrogen-bond acceptors (Lipinski definition) is 1. The van der Waals surface area contributed by atoms with Crippen LogP contribution in [0.15, 0.2) is 29.3 Å². The molecule has 1 aliphatic rings. The van der Waals surface area contributed by atoms with Crippen molar-refractivity contribution in [1.29, 1.82) is 0 Å². The lowest BCUT2D eigenvalue weighted by Crippen LogP contribution is -2.08. The topological polar surface area (TPSA) is 37.3 Å². The Morgan fingerprint density at radius 2 is 2.38 bits per heavy atom. The number of allylic oxidation sites excluding steroid dienone is 1. The van der Waals surface area contributed by atoms with Gasteiger partial charge >= 0.3 is 0 Å². The average molecular weight is 172 g/mol. The first-order chi connectivity index (χ1) is 6.36. The normalized spacial score (nSPS) is 13.8. The minimum absolute atomic E-state index is 0.0229. The van der Waals surface area contributed by atoms with Crippen molar-refractivity contribution in [2.24, 2.45) is 0 Å². The highest BCUT2D eigenvalue weighted by Crippen LogP contribution is 2.21.